The van der Waals surface area contributed by atoms with E-state index in [2.05, 4.69) is 21.3 Å². The zero-order valence-electron chi connectivity index (χ0n) is 15.0. The minimum atomic E-state index is -0.0790. The average Bonchev–Trinajstić information content (AvgIpc) is 2.71. The predicted octanol–water partition coefficient (Wildman–Crippen LogP) is 2.65. The van der Waals surface area contributed by atoms with Crippen LogP contribution in [0.15, 0.2) is 59.7 Å². The standard InChI is InChI=1S/C20H20ClN5O/c1-25-19(27)12-17(14-5-7-22-8-6-14)24-20(25)26-10-9-23-18(13-26)15-3-2-4-16(21)11-15/h2-8,11-12,18,23H,9-10,13H2,1H3. The van der Waals surface area contributed by atoms with Crippen LogP contribution in [0.25, 0.3) is 11.3 Å². The van der Waals surface area contributed by atoms with Crippen LogP contribution in [0.1, 0.15) is 11.6 Å². The van der Waals surface area contributed by atoms with E-state index in [1.165, 1.54) is 0 Å². The third kappa shape index (κ3) is 3.72. The maximum atomic E-state index is 12.5. The molecule has 0 amide bonds. The molecule has 0 aliphatic carbocycles. The monoisotopic (exact) mass is 381 g/mol. The van der Waals surface area contributed by atoms with Gasteiger partial charge in [0.05, 0.1) is 11.7 Å². The summed E-state index contributed by atoms with van der Waals surface area (Å²) in [6.07, 6.45) is 3.41. The van der Waals surface area contributed by atoms with E-state index in [4.69, 9.17) is 16.6 Å². The Kier molecular flexibility index (Phi) is 4.92. The molecule has 1 saturated heterocycles. The summed E-state index contributed by atoms with van der Waals surface area (Å²) < 4.78 is 1.60. The zero-order chi connectivity index (χ0) is 18.8. The number of aromatic nitrogens is 3. The van der Waals surface area contributed by atoms with Crippen LogP contribution in [0.4, 0.5) is 5.95 Å². The Bertz CT molecular complexity index is 1000. The molecule has 1 aromatic carbocycles. The molecule has 1 aliphatic heterocycles. The second-order valence-electron chi connectivity index (χ2n) is 6.58. The van der Waals surface area contributed by atoms with Crippen molar-refractivity contribution in [3.8, 4) is 11.3 Å². The highest BCUT2D eigenvalue weighted by Crippen LogP contribution is 2.24. The number of hydrogen-bond donors (Lipinski definition) is 1. The molecule has 4 rings (SSSR count). The molecular formula is C20H20ClN5O. The van der Waals surface area contributed by atoms with Gasteiger partial charge in [-0.3, -0.25) is 14.3 Å². The fourth-order valence-corrected chi connectivity index (χ4v) is 3.56. The number of piperazine rings is 1. The normalized spacial score (nSPS) is 17.1. The van der Waals surface area contributed by atoms with E-state index >= 15 is 0 Å². The summed E-state index contributed by atoms with van der Waals surface area (Å²) in [5.41, 5.74) is 2.59. The van der Waals surface area contributed by atoms with Crippen molar-refractivity contribution in [3.05, 3.63) is 75.8 Å². The number of halogens is 1. The highest BCUT2D eigenvalue weighted by molar-refractivity contribution is 6.30. The van der Waals surface area contributed by atoms with E-state index in [9.17, 15) is 4.79 Å². The fourth-order valence-electron chi connectivity index (χ4n) is 3.36. The first kappa shape index (κ1) is 17.7. The molecule has 1 atom stereocenters. The van der Waals surface area contributed by atoms with Crippen molar-refractivity contribution in [1.82, 2.24) is 19.9 Å². The highest BCUT2D eigenvalue weighted by Gasteiger charge is 2.24. The summed E-state index contributed by atoms with van der Waals surface area (Å²) in [6, 6.07) is 13.3. The molecule has 0 spiro atoms. The largest absolute Gasteiger partial charge is 0.339 e. The van der Waals surface area contributed by atoms with Crippen molar-refractivity contribution in [2.24, 2.45) is 7.05 Å². The molecule has 6 nitrogen and oxygen atoms in total. The van der Waals surface area contributed by atoms with Crippen LogP contribution in [0, 0.1) is 0 Å². The number of nitrogens with one attached hydrogen (secondary N) is 1. The van der Waals surface area contributed by atoms with Crippen molar-refractivity contribution in [1.29, 1.82) is 0 Å². The Labute approximate surface area is 162 Å². The molecule has 138 valence electrons. The van der Waals surface area contributed by atoms with E-state index in [0.29, 0.717) is 18.2 Å². The van der Waals surface area contributed by atoms with E-state index in [-0.39, 0.29) is 11.6 Å². The first-order chi connectivity index (χ1) is 13.1. The van der Waals surface area contributed by atoms with Gasteiger partial charge in [0, 0.05) is 55.7 Å². The van der Waals surface area contributed by atoms with Crippen LogP contribution in [0.5, 0.6) is 0 Å². The van der Waals surface area contributed by atoms with Crippen LogP contribution in [-0.4, -0.2) is 34.2 Å². The predicted molar refractivity (Wildman–Crippen MR) is 107 cm³/mol. The number of rotatable bonds is 3. The van der Waals surface area contributed by atoms with Crippen molar-refractivity contribution in [2.75, 3.05) is 24.5 Å². The van der Waals surface area contributed by atoms with Gasteiger partial charge in [-0.2, -0.15) is 0 Å². The van der Waals surface area contributed by atoms with Gasteiger partial charge >= 0.3 is 0 Å². The highest BCUT2D eigenvalue weighted by atomic mass is 35.5. The minimum Gasteiger partial charge on any atom is -0.339 e. The molecule has 0 bridgehead atoms. The van der Waals surface area contributed by atoms with Crippen LogP contribution in [-0.2, 0) is 7.05 Å². The van der Waals surface area contributed by atoms with Crippen molar-refractivity contribution >= 4 is 17.5 Å². The van der Waals surface area contributed by atoms with Crippen LogP contribution in [0.3, 0.4) is 0 Å². The Morgan fingerprint density at radius 1 is 1.19 bits per heavy atom. The van der Waals surface area contributed by atoms with Gasteiger partial charge in [-0.25, -0.2) is 4.98 Å². The second kappa shape index (κ2) is 7.50. The maximum Gasteiger partial charge on any atom is 0.255 e. The lowest BCUT2D eigenvalue weighted by molar-refractivity contribution is 0.462. The molecule has 2 aromatic heterocycles. The maximum absolute atomic E-state index is 12.5. The summed E-state index contributed by atoms with van der Waals surface area (Å²) in [7, 11) is 1.76. The van der Waals surface area contributed by atoms with Gasteiger partial charge in [0.25, 0.3) is 5.56 Å². The molecule has 7 heteroatoms. The summed E-state index contributed by atoms with van der Waals surface area (Å²) in [5, 5.41) is 4.24. The summed E-state index contributed by atoms with van der Waals surface area (Å²) in [4.78, 5) is 23.5. The van der Waals surface area contributed by atoms with E-state index < -0.39 is 0 Å². The van der Waals surface area contributed by atoms with Crippen molar-refractivity contribution in [2.45, 2.75) is 6.04 Å². The first-order valence-corrected chi connectivity index (χ1v) is 9.22. The molecule has 1 fully saturated rings. The summed E-state index contributed by atoms with van der Waals surface area (Å²) in [6.45, 7) is 2.28. The summed E-state index contributed by atoms with van der Waals surface area (Å²) >= 11 is 6.15. The van der Waals surface area contributed by atoms with Gasteiger partial charge in [-0.05, 0) is 29.8 Å². The van der Waals surface area contributed by atoms with Gasteiger partial charge in [0.15, 0.2) is 0 Å². The van der Waals surface area contributed by atoms with Crippen LogP contribution in [0.2, 0.25) is 5.02 Å². The molecule has 27 heavy (non-hydrogen) atoms. The molecule has 0 saturated carbocycles. The van der Waals surface area contributed by atoms with Gasteiger partial charge in [-0.1, -0.05) is 23.7 Å². The minimum absolute atomic E-state index is 0.0790. The Hall–Kier alpha value is -2.70. The Balaban J connectivity index is 1.68. The van der Waals surface area contributed by atoms with E-state index in [1.807, 2.05) is 30.3 Å². The number of pyridine rings is 1. The van der Waals surface area contributed by atoms with Crippen molar-refractivity contribution < 1.29 is 0 Å². The fraction of sp³-hybridized carbons (Fsp3) is 0.250. The van der Waals surface area contributed by atoms with Gasteiger partial charge in [0.2, 0.25) is 5.95 Å². The molecule has 0 radical (unpaired) electrons. The Morgan fingerprint density at radius 3 is 2.78 bits per heavy atom. The Morgan fingerprint density at radius 2 is 2.00 bits per heavy atom. The van der Waals surface area contributed by atoms with Gasteiger partial charge in [0.1, 0.15) is 0 Å². The average molecular weight is 382 g/mol. The molecule has 3 heterocycles. The second-order valence-corrected chi connectivity index (χ2v) is 7.02. The lowest BCUT2D eigenvalue weighted by atomic mass is 10.0. The molecular weight excluding hydrogens is 362 g/mol. The SMILES string of the molecule is Cn1c(N2CCNC(c3cccc(Cl)c3)C2)nc(-c2ccncc2)cc1=O. The topological polar surface area (TPSA) is 63.1 Å². The zero-order valence-corrected chi connectivity index (χ0v) is 15.7. The number of benzene rings is 1. The van der Waals surface area contributed by atoms with E-state index in [1.54, 1.807) is 30.1 Å². The smallest absolute Gasteiger partial charge is 0.255 e. The summed E-state index contributed by atoms with van der Waals surface area (Å²) in [5.74, 6) is 0.669. The number of nitrogens with zero attached hydrogens (tertiary/aromatic N) is 4. The molecule has 1 unspecified atom stereocenters. The van der Waals surface area contributed by atoms with Gasteiger partial charge < -0.3 is 10.2 Å². The lowest BCUT2D eigenvalue weighted by Gasteiger charge is -2.35. The van der Waals surface area contributed by atoms with Crippen molar-refractivity contribution in [3.63, 3.8) is 0 Å². The quantitative estimate of drug-likeness (QED) is 0.755. The van der Waals surface area contributed by atoms with Crippen LogP contribution < -0.4 is 15.8 Å². The molecule has 3 aromatic rings. The number of hydrogen-bond acceptors (Lipinski definition) is 5. The van der Waals surface area contributed by atoms with E-state index in [0.717, 1.165) is 29.2 Å². The lowest BCUT2D eigenvalue weighted by Crippen LogP contribution is -2.47. The third-order valence-electron chi connectivity index (χ3n) is 4.80. The first-order valence-electron chi connectivity index (χ1n) is 8.84. The number of anilines is 1. The third-order valence-corrected chi connectivity index (χ3v) is 5.03. The molecule has 1 aliphatic rings. The van der Waals surface area contributed by atoms with Crippen LogP contribution >= 0.6 is 11.6 Å². The van der Waals surface area contributed by atoms with Gasteiger partial charge in [-0.15, -0.1) is 0 Å². The molecule has 1 N–H and O–H groups in total.